The second-order valence-electron chi connectivity index (χ2n) is 6.15. The highest BCUT2D eigenvalue weighted by Gasteiger charge is 2.28. The molecule has 3 rings (SSSR count). The number of carbonyl (C=O) groups is 1. The van der Waals surface area contributed by atoms with Crippen LogP contribution in [0.2, 0.25) is 0 Å². The fourth-order valence-corrected chi connectivity index (χ4v) is 3.89. The largest absolute Gasteiger partial charge is 0.493 e. The number of halogens is 2. The molecule has 2 N–H and O–H groups in total. The Hall–Kier alpha value is -2.72. The van der Waals surface area contributed by atoms with Gasteiger partial charge in [0.2, 0.25) is 15.9 Å². The van der Waals surface area contributed by atoms with Crippen molar-refractivity contribution in [2.75, 3.05) is 12.4 Å². The van der Waals surface area contributed by atoms with Gasteiger partial charge in [-0.25, -0.2) is 13.1 Å². The van der Waals surface area contributed by atoms with E-state index in [2.05, 4.69) is 14.8 Å². The van der Waals surface area contributed by atoms with Crippen molar-refractivity contribution in [1.29, 1.82) is 0 Å². The summed E-state index contributed by atoms with van der Waals surface area (Å²) in [7, 11) is -2.56. The average Bonchev–Trinajstić information content (AvgIpc) is 2.94. The summed E-state index contributed by atoms with van der Waals surface area (Å²) in [5.74, 6) is -0.700. The van der Waals surface area contributed by atoms with E-state index in [1.54, 1.807) is 13.0 Å². The van der Waals surface area contributed by atoms with Crippen LogP contribution in [0, 0.1) is 0 Å². The number of fused-ring (bicyclic) bond motifs is 1. The number of hydrogen-bond donors (Lipinski definition) is 2. The van der Waals surface area contributed by atoms with Crippen molar-refractivity contribution in [2.24, 2.45) is 0 Å². The van der Waals surface area contributed by atoms with Gasteiger partial charge in [0, 0.05) is 12.2 Å². The number of rotatable bonds is 7. The van der Waals surface area contributed by atoms with Crippen molar-refractivity contribution < 1.29 is 31.5 Å². The molecule has 2 aromatic rings. The Labute approximate surface area is 160 Å². The van der Waals surface area contributed by atoms with Gasteiger partial charge >= 0.3 is 6.61 Å². The summed E-state index contributed by atoms with van der Waals surface area (Å²) in [5.41, 5.74) is 1.70. The third-order valence-electron chi connectivity index (χ3n) is 4.36. The molecular weight excluding hydrogens is 394 g/mol. The summed E-state index contributed by atoms with van der Waals surface area (Å²) >= 11 is 0. The van der Waals surface area contributed by atoms with E-state index in [4.69, 9.17) is 4.74 Å². The molecule has 2 aromatic carbocycles. The number of carbonyl (C=O) groups excluding carboxylic acids is 1. The zero-order valence-electron chi connectivity index (χ0n) is 15.0. The molecule has 0 saturated carbocycles. The molecule has 1 atom stereocenters. The Morgan fingerprint density at radius 3 is 2.61 bits per heavy atom. The second kappa shape index (κ2) is 7.72. The lowest BCUT2D eigenvalue weighted by Crippen LogP contribution is -2.23. The van der Waals surface area contributed by atoms with Gasteiger partial charge in [-0.2, -0.15) is 8.78 Å². The standard InChI is InChI=1S/C18H18F2N2O5S/c1-10-13-8-12(4-5-14(13)22-17(10)23)28(24,25)21-9-11-3-6-15(27-18(19)20)16(7-11)26-2/h3-8,10,18,21H,9H2,1-2H3,(H,22,23)/t10-/m1/s1. The monoisotopic (exact) mass is 412 g/mol. The van der Waals surface area contributed by atoms with Crippen LogP contribution < -0.4 is 19.5 Å². The van der Waals surface area contributed by atoms with Crippen LogP contribution in [0.15, 0.2) is 41.3 Å². The molecule has 1 aliphatic rings. The van der Waals surface area contributed by atoms with Crippen molar-refractivity contribution in [3.63, 3.8) is 0 Å². The topological polar surface area (TPSA) is 93.7 Å². The third kappa shape index (κ3) is 4.07. The van der Waals surface area contributed by atoms with Gasteiger partial charge in [0.25, 0.3) is 0 Å². The molecule has 150 valence electrons. The molecule has 1 amide bonds. The first-order valence-electron chi connectivity index (χ1n) is 8.27. The van der Waals surface area contributed by atoms with Crippen LogP contribution >= 0.6 is 0 Å². The minimum Gasteiger partial charge on any atom is -0.493 e. The molecule has 0 aromatic heterocycles. The Balaban J connectivity index is 1.76. The summed E-state index contributed by atoms with van der Waals surface area (Å²) in [4.78, 5) is 11.7. The van der Waals surface area contributed by atoms with E-state index < -0.39 is 22.6 Å². The van der Waals surface area contributed by atoms with E-state index in [9.17, 15) is 22.0 Å². The van der Waals surface area contributed by atoms with E-state index in [1.165, 1.54) is 37.4 Å². The summed E-state index contributed by atoms with van der Waals surface area (Å²) in [6.07, 6.45) is 0. The summed E-state index contributed by atoms with van der Waals surface area (Å²) < 4.78 is 61.7. The van der Waals surface area contributed by atoms with Crippen molar-refractivity contribution in [3.05, 3.63) is 47.5 Å². The molecule has 0 saturated heterocycles. The summed E-state index contributed by atoms with van der Waals surface area (Å²) in [6, 6.07) is 8.55. The molecule has 7 nitrogen and oxygen atoms in total. The Morgan fingerprint density at radius 2 is 1.93 bits per heavy atom. The van der Waals surface area contributed by atoms with E-state index in [0.29, 0.717) is 16.8 Å². The van der Waals surface area contributed by atoms with Gasteiger partial charge in [0.15, 0.2) is 11.5 Å². The maximum absolute atomic E-state index is 12.6. The predicted octanol–water partition coefficient (Wildman–Crippen LogP) is 2.83. The van der Waals surface area contributed by atoms with Crippen LogP contribution in [0.25, 0.3) is 0 Å². The predicted molar refractivity (Wildman–Crippen MR) is 97.1 cm³/mol. The van der Waals surface area contributed by atoms with Gasteiger partial charge in [-0.1, -0.05) is 6.07 Å². The number of nitrogens with one attached hydrogen (secondary N) is 2. The van der Waals surface area contributed by atoms with Crippen molar-refractivity contribution in [3.8, 4) is 11.5 Å². The van der Waals surface area contributed by atoms with Crippen molar-refractivity contribution >= 4 is 21.6 Å². The number of sulfonamides is 1. The molecule has 0 spiro atoms. The van der Waals surface area contributed by atoms with Crippen molar-refractivity contribution in [2.45, 2.75) is 30.9 Å². The van der Waals surface area contributed by atoms with E-state index >= 15 is 0 Å². The van der Waals surface area contributed by atoms with Crippen LogP contribution in [0.5, 0.6) is 11.5 Å². The van der Waals surface area contributed by atoms with E-state index in [0.717, 1.165) is 0 Å². The third-order valence-corrected chi connectivity index (χ3v) is 5.76. The lowest BCUT2D eigenvalue weighted by molar-refractivity contribution is -0.116. The minimum atomic E-state index is -3.85. The fourth-order valence-electron chi connectivity index (χ4n) is 2.84. The average molecular weight is 412 g/mol. The van der Waals surface area contributed by atoms with Crippen LogP contribution in [0.3, 0.4) is 0 Å². The van der Waals surface area contributed by atoms with Crippen LogP contribution in [0.4, 0.5) is 14.5 Å². The maximum atomic E-state index is 12.6. The number of ether oxygens (including phenoxy) is 2. The van der Waals surface area contributed by atoms with Gasteiger partial charge in [-0.15, -0.1) is 0 Å². The quantitative estimate of drug-likeness (QED) is 0.730. The van der Waals surface area contributed by atoms with Gasteiger partial charge in [-0.05, 0) is 48.4 Å². The Morgan fingerprint density at radius 1 is 1.18 bits per heavy atom. The first kappa shape index (κ1) is 20.0. The number of benzene rings is 2. The smallest absolute Gasteiger partial charge is 0.387 e. The van der Waals surface area contributed by atoms with Crippen LogP contribution in [0.1, 0.15) is 24.0 Å². The van der Waals surface area contributed by atoms with Gasteiger partial charge in [0.1, 0.15) is 0 Å². The normalized spacial score (nSPS) is 16.0. The fraction of sp³-hybridized carbons (Fsp3) is 0.278. The molecule has 1 aliphatic heterocycles. The maximum Gasteiger partial charge on any atom is 0.387 e. The molecule has 0 fully saturated rings. The number of methoxy groups -OCH3 is 1. The SMILES string of the molecule is COc1cc(CNS(=O)(=O)c2ccc3c(c2)[C@@H](C)C(=O)N3)ccc1OC(F)F. The molecule has 0 radical (unpaired) electrons. The molecule has 0 unspecified atom stereocenters. The molecule has 0 aliphatic carbocycles. The summed E-state index contributed by atoms with van der Waals surface area (Å²) in [6.45, 7) is -1.39. The lowest BCUT2D eigenvalue weighted by Gasteiger charge is -2.12. The van der Waals surface area contributed by atoms with E-state index in [-0.39, 0.29) is 28.8 Å². The first-order valence-corrected chi connectivity index (χ1v) is 9.76. The summed E-state index contributed by atoms with van der Waals surface area (Å²) in [5, 5.41) is 2.68. The van der Waals surface area contributed by atoms with E-state index in [1.807, 2.05) is 0 Å². The zero-order valence-corrected chi connectivity index (χ0v) is 15.8. The minimum absolute atomic E-state index is 0.0271. The highest BCUT2D eigenvalue weighted by atomic mass is 32.2. The number of amides is 1. The first-order chi connectivity index (χ1) is 13.2. The van der Waals surface area contributed by atoms with Crippen LogP contribution in [-0.4, -0.2) is 28.0 Å². The molecule has 28 heavy (non-hydrogen) atoms. The highest BCUT2D eigenvalue weighted by Crippen LogP contribution is 2.34. The lowest BCUT2D eigenvalue weighted by atomic mass is 10.0. The molecular formula is C18H18F2N2O5S. The Kier molecular flexibility index (Phi) is 5.52. The Bertz CT molecular complexity index is 1010. The van der Waals surface area contributed by atoms with Gasteiger partial charge < -0.3 is 14.8 Å². The second-order valence-corrected chi connectivity index (χ2v) is 7.92. The number of anilines is 1. The van der Waals surface area contributed by atoms with Gasteiger partial charge in [-0.3, -0.25) is 4.79 Å². The van der Waals surface area contributed by atoms with Crippen molar-refractivity contribution in [1.82, 2.24) is 4.72 Å². The zero-order chi connectivity index (χ0) is 20.5. The molecule has 1 heterocycles. The van der Waals surface area contributed by atoms with Crippen LogP contribution in [-0.2, 0) is 21.4 Å². The highest BCUT2D eigenvalue weighted by molar-refractivity contribution is 7.89. The van der Waals surface area contributed by atoms with Gasteiger partial charge in [0.05, 0.1) is 17.9 Å². The number of alkyl halides is 2. The molecule has 0 bridgehead atoms. The molecule has 10 heteroatoms. The number of hydrogen-bond acceptors (Lipinski definition) is 5.